The molecule has 0 unspecified atom stereocenters. The van der Waals surface area contributed by atoms with Crippen molar-refractivity contribution in [3.05, 3.63) is 61.3 Å². The van der Waals surface area contributed by atoms with Crippen molar-refractivity contribution in [1.29, 1.82) is 0 Å². The average Bonchev–Trinajstić information content (AvgIpc) is 2.89. The predicted molar refractivity (Wildman–Crippen MR) is 87.4 cm³/mol. The third-order valence-electron chi connectivity index (χ3n) is 3.22. The summed E-state index contributed by atoms with van der Waals surface area (Å²) < 4.78 is 3.74. The highest BCUT2D eigenvalue weighted by atomic mass is 79.9. The molecule has 106 valence electrons. The van der Waals surface area contributed by atoms with Crippen LogP contribution in [-0.2, 0) is 0 Å². The van der Waals surface area contributed by atoms with Crippen molar-refractivity contribution in [2.75, 3.05) is 0 Å². The Morgan fingerprint density at radius 1 is 1.29 bits per heavy atom. The Hall–Kier alpha value is -1.73. The molecule has 0 bridgehead atoms. The van der Waals surface area contributed by atoms with Gasteiger partial charge in [0.25, 0.3) is 5.69 Å². The van der Waals surface area contributed by atoms with Gasteiger partial charge in [0, 0.05) is 34.6 Å². The highest BCUT2D eigenvalue weighted by molar-refractivity contribution is 9.11. The molecule has 0 saturated carbocycles. The molecule has 5 nitrogen and oxygen atoms in total. The van der Waals surface area contributed by atoms with Gasteiger partial charge >= 0.3 is 0 Å². The number of halogens is 2. The number of hydrogen-bond donors (Lipinski definition) is 0. The van der Waals surface area contributed by atoms with E-state index in [2.05, 4.69) is 36.8 Å². The van der Waals surface area contributed by atoms with Crippen molar-refractivity contribution in [3.63, 3.8) is 0 Å². The van der Waals surface area contributed by atoms with Crippen LogP contribution in [0.25, 0.3) is 16.9 Å². The highest BCUT2D eigenvalue weighted by Crippen LogP contribution is 2.31. The maximum absolute atomic E-state index is 10.9. The van der Waals surface area contributed by atoms with Gasteiger partial charge in [0.05, 0.1) is 15.1 Å². The van der Waals surface area contributed by atoms with Crippen molar-refractivity contribution in [3.8, 4) is 11.3 Å². The molecule has 0 saturated heterocycles. The van der Waals surface area contributed by atoms with Gasteiger partial charge in [-0.25, -0.2) is 4.98 Å². The van der Waals surface area contributed by atoms with E-state index in [1.165, 1.54) is 12.1 Å². The van der Waals surface area contributed by atoms with Gasteiger partial charge in [-0.2, -0.15) is 0 Å². The van der Waals surface area contributed by atoms with Crippen molar-refractivity contribution < 1.29 is 4.92 Å². The molecule has 1 aromatic carbocycles. The first kappa shape index (κ1) is 14.2. The number of pyridine rings is 1. The minimum atomic E-state index is -0.407. The number of nitro benzene ring substituents is 1. The van der Waals surface area contributed by atoms with Crippen LogP contribution in [0.5, 0.6) is 0 Å². The molecule has 0 aliphatic heterocycles. The molecular formula is C14H9Br2N3O2. The number of fused-ring (bicyclic) bond motifs is 1. The molecular weight excluding hydrogens is 402 g/mol. The van der Waals surface area contributed by atoms with Crippen molar-refractivity contribution >= 4 is 43.2 Å². The second-order valence-corrected chi connectivity index (χ2v) is 6.23. The molecule has 0 fully saturated rings. The second kappa shape index (κ2) is 5.23. The fourth-order valence-corrected chi connectivity index (χ4v) is 3.26. The lowest BCUT2D eigenvalue weighted by Crippen LogP contribution is -1.88. The van der Waals surface area contributed by atoms with Crippen molar-refractivity contribution in [2.24, 2.45) is 0 Å². The normalized spacial score (nSPS) is 11.0. The zero-order valence-corrected chi connectivity index (χ0v) is 14.1. The van der Waals surface area contributed by atoms with Gasteiger partial charge in [-0.1, -0.05) is 12.1 Å². The maximum atomic E-state index is 10.9. The van der Waals surface area contributed by atoms with Crippen molar-refractivity contribution in [2.45, 2.75) is 6.92 Å². The SMILES string of the molecule is Cc1c(Br)cn2cc(-c3cccc([N+](=O)[O-])c3)nc2c1Br. The van der Waals surface area contributed by atoms with Crippen LogP contribution < -0.4 is 0 Å². The number of nitro groups is 1. The summed E-state index contributed by atoms with van der Waals surface area (Å²) >= 11 is 7.03. The fourth-order valence-electron chi connectivity index (χ4n) is 2.06. The Morgan fingerprint density at radius 2 is 2.05 bits per heavy atom. The smallest absolute Gasteiger partial charge is 0.270 e. The van der Waals surface area contributed by atoms with E-state index in [1.807, 2.05) is 29.8 Å². The highest BCUT2D eigenvalue weighted by Gasteiger charge is 2.13. The summed E-state index contributed by atoms with van der Waals surface area (Å²) in [6.45, 7) is 1.98. The molecule has 0 N–H and O–H groups in total. The fraction of sp³-hybridized carbons (Fsp3) is 0.0714. The zero-order chi connectivity index (χ0) is 15.1. The summed E-state index contributed by atoms with van der Waals surface area (Å²) in [5.41, 5.74) is 3.29. The standard InChI is InChI=1S/C14H9Br2N3O2/c1-8-11(15)6-18-7-12(17-14(18)13(8)16)9-3-2-4-10(5-9)19(20)21/h2-7H,1H3. The van der Waals surface area contributed by atoms with E-state index < -0.39 is 4.92 Å². The molecule has 0 aliphatic rings. The Morgan fingerprint density at radius 3 is 2.76 bits per heavy atom. The lowest BCUT2D eigenvalue weighted by atomic mass is 10.1. The first-order valence-corrected chi connectivity index (χ1v) is 7.64. The molecule has 0 spiro atoms. The van der Waals surface area contributed by atoms with E-state index in [4.69, 9.17) is 0 Å². The number of imidazole rings is 1. The zero-order valence-electron chi connectivity index (χ0n) is 10.9. The topological polar surface area (TPSA) is 60.4 Å². The predicted octanol–water partition coefficient (Wildman–Crippen LogP) is 4.74. The van der Waals surface area contributed by atoms with Crippen LogP contribution in [0.3, 0.4) is 0 Å². The Labute approximate surface area is 137 Å². The van der Waals surface area contributed by atoms with Crippen LogP contribution in [0.15, 0.2) is 45.6 Å². The molecule has 3 aromatic rings. The van der Waals surface area contributed by atoms with Crippen LogP contribution in [0.1, 0.15) is 5.56 Å². The number of non-ortho nitro benzene ring substituents is 1. The molecule has 2 aromatic heterocycles. The molecule has 2 heterocycles. The van der Waals surface area contributed by atoms with Gasteiger partial charge in [-0.15, -0.1) is 0 Å². The summed E-state index contributed by atoms with van der Waals surface area (Å²) in [4.78, 5) is 15.0. The summed E-state index contributed by atoms with van der Waals surface area (Å²) in [5.74, 6) is 0. The van der Waals surface area contributed by atoms with Gasteiger partial charge in [0.2, 0.25) is 0 Å². The van der Waals surface area contributed by atoms with E-state index >= 15 is 0 Å². The van der Waals surface area contributed by atoms with Gasteiger partial charge in [-0.3, -0.25) is 10.1 Å². The number of rotatable bonds is 2. The van der Waals surface area contributed by atoms with E-state index in [9.17, 15) is 10.1 Å². The summed E-state index contributed by atoms with van der Waals surface area (Å²) in [6, 6.07) is 6.46. The Balaban J connectivity index is 2.20. The number of hydrogen-bond acceptors (Lipinski definition) is 3. The Kier molecular flexibility index (Phi) is 3.54. The minimum Gasteiger partial charge on any atom is -0.304 e. The lowest BCUT2D eigenvalue weighted by Gasteiger charge is -2.03. The molecule has 0 atom stereocenters. The number of benzene rings is 1. The second-order valence-electron chi connectivity index (χ2n) is 4.58. The van der Waals surface area contributed by atoms with E-state index in [-0.39, 0.29) is 5.69 Å². The average molecular weight is 411 g/mol. The van der Waals surface area contributed by atoms with Crippen molar-refractivity contribution in [1.82, 2.24) is 9.38 Å². The van der Waals surface area contributed by atoms with Gasteiger partial charge < -0.3 is 4.40 Å². The molecule has 0 aliphatic carbocycles. The Bertz CT molecular complexity index is 874. The largest absolute Gasteiger partial charge is 0.304 e. The monoisotopic (exact) mass is 409 g/mol. The van der Waals surface area contributed by atoms with E-state index in [0.29, 0.717) is 11.3 Å². The molecule has 3 rings (SSSR count). The molecule has 0 amide bonds. The molecule has 7 heteroatoms. The van der Waals surface area contributed by atoms with Gasteiger partial charge in [0.1, 0.15) is 0 Å². The van der Waals surface area contributed by atoms with E-state index in [0.717, 1.165) is 20.2 Å². The quantitative estimate of drug-likeness (QED) is 0.452. The van der Waals surface area contributed by atoms with Crippen LogP contribution in [0.4, 0.5) is 5.69 Å². The van der Waals surface area contributed by atoms with Crippen LogP contribution in [0.2, 0.25) is 0 Å². The molecule has 21 heavy (non-hydrogen) atoms. The molecule has 0 radical (unpaired) electrons. The minimum absolute atomic E-state index is 0.0565. The van der Waals surface area contributed by atoms with Gasteiger partial charge in [-0.05, 0) is 44.3 Å². The summed E-state index contributed by atoms with van der Waals surface area (Å²) in [6.07, 6.45) is 3.77. The number of nitrogens with zero attached hydrogens (tertiary/aromatic N) is 3. The number of aromatic nitrogens is 2. The summed E-state index contributed by atoms with van der Waals surface area (Å²) in [7, 11) is 0. The lowest BCUT2D eigenvalue weighted by molar-refractivity contribution is -0.384. The maximum Gasteiger partial charge on any atom is 0.270 e. The third kappa shape index (κ3) is 2.47. The summed E-state index contributed by atoms with van der Waals surface area (Å²) in [5, 5.41) is 10.9. The van der Waals surface area contributed by atoms with Crippen LogP contribution in [-0.4, -0.2) is 14.3 Å². The third-order valence-corrected chi connectivity index (χ3v) is 4.97. The van der Waals surface area contributed by atoms with Crippen LogP contribution >= 0.6 is 31.9 Å². The first-order valence-electron chi connectivity index (χ1n) is 6.05. The van der Waals surface area contributed by atoms with Crippen LogP contribution in [0, 0.1) is 17.0 Å². The van der Waals surface area contributed by atoms with Gasteiger partial charge in [0.15, 0.2) is 5.65 Å². The first-order chi connectivity index (χ1) is 9.97. The van der Waals surface area contributed by atoms with E-state index in [1.54, 1.807) is 6.07 Å².